The maximum absolute atomic E-state index is 13.7. The average Bonchev–Trinajstić information content (AvgIpc) is 2.98. The fourth-order valence-electron chi connectivity index (χ4n) is 5.82. The number of allylic oxidation sites excluding steroid dienone is 8. The van der Waals surface area contributed by atoms with E-state index in [-0.39, 0.29) is 42.4 Å². The van der Waals surface area contributed by atoms with Gasteiger partial charge in [0, 0.05) is 11.4 Å². The van der Waals surface area contributed by atoms with Crippen molar-refractivity contribution in [2.75, 3.05) is 11.5 Å². The summed E-state index contributed by atoms with van der Waals surface area (Å²) in [6.45, 7) is 10.5. The van der Waals surface area contributed by atoms with E-state index in [9.17, 15) is 19.2 Å². The van der Waals surface area contributed by atoms with Crippen LogP contribution < -0.4 is 11.5 Å². The van der Waals surface area contributed by atoms with Crippen molar-refractivity contribution >= 4 is 103 Å². The Labute approximate surface area is 286 Å². The molecule has 0 atom stereocenters. The van der Waals surface area contributed by atoms with Crippen molar-refractivity contribution in [3.8, 4) is 0 Å². The van der Waals surface area contributed by atoms with Gasteiger partial charge in [0.05, 0.1) is 22.3 Å². The lowest BCUT2D eigenvalue weighted by atomic mass is 9.82. The lowest BCUT2D eigenvalue weighted by Gasteiger charge is -2.24. The minimum atomic E-state index is -0.628. The number of hydrogen-bond acceptors (Lipinski definition) is 6. The van der Waals surface area contributed by atoms with E-state index in [4.69, 9.17) is 57.9 Å². The Morgan fingerprint density at radius 3 is 0.804 bits per heavy atom. The summed E-state index contributed by atoms with van der Waals surface area (Å²) >= 11 is 26.5. The zero-order valence-corrected chi connectivity index (χ0v) is 28.8. The number of ketones is 4. The van der Waals surface area contributed by atoms with Crippen LogP contribution in [0.15, 0.2) is 56.5 Å². The van der Waals surface area contributed by atoms with E-state index < -0.39 is 23.1 Å². The molecule has 0 saturated heterocycles. The maximum Gasteiger partial charge on any atom is 0.207 e. The number of nitrogens with two attached hydrogens (primary N) is 2. The molecule has 0 fully saturated rings. The summed E-state index contributed by atoms with van der Waals surface area (Å²) in [6, 6.07) is 10.0. The number of nitrogen functional groups attached to an aromatic ring is 2. The largest absolute Gasteiger partial charge is 0.399 e. The van der Waals surface area contributed by atoms with Crippen LogP contribution >= 0.6 is 46.4 Å². The molecule has 0 aliphatic heterocycles. The second-order valence-corrected chi connectivity index (χ2v) is 13.1. The Balaban J connectivity index is 1.60. The Kier molecular flexibility index (Phi) is 8.73. The molecular formula is C36H28Cl4N2O4. The number of hydrogen-bond donors (Lipinski definition) is 2. The van der Waals surface area contributed by atoms with Gasteiger partial charge in [-0.2, -0.15) is 0 Å². The van der Waals surface area contributed by atoms with Gasteiger partial charge in [-0.15, -0.1) is 0 Å². The molecule has 0 saturated carbocycles. The number of aryl methyl sites for hydroxylation is 6. The van der Waals surface area contributed by atoms with Crippen molar-refractivity contribution in [3.05, 3.63) is 112 Å². The van der Waals surface area contributed by atoms with Crippen LogP contribution in [0, 0.1) is 41.5 Å². The zero-order chi connectivity index (χ0) is 34.1. The van der Waals surface area contributed by atoms with Crippen molar-refractivity contribution in [1.29, 1.82) is 0 Å². The number of carbonyl (C=O) groups excluding carboxylic acids is 4. The molecule has 0 aromatic heterocycles. The van der Waals surface area contributed by atoms with Crippen LogP contribution in [0.3, 0.4) is 0 Å². The number of anilines is 2. The van der Waals surface area contributed by atoms with Gasteiger partial charge in [0.1, 0.15) is 20.1 Å². The molecular weight excluding hydrogens is 666 g/mol. The Bertz CT molecular complexity index is 1980. The third-order valence-corrected chi connectivity index (χ3v) is 9.90. The monoisotopic (exact) mass is 692 g/mol. The summed E-state index contributed by atoms with van der Waals surface area (Å²) in [4.78, 5) is 54.8. The van der Waals surface area contributed by atoms with E-state index in [2.05, 4.69) is 0 Å². The van der Waals surface area contributed by atoms with Crippen molar-refractivity contribution < 1.29 is 19.2 Å². The molecule has 0 unspecified atom stereocenters. The molecule has 2 aliphatic carbocycles. The first-order valence-electron chi connectivity index (χ1n) is 14.1. The molecule has 6 nitrogen and oxygen atoms in total. The first-order valence-corrected chi connectivity index (χ1v) is 15.6. The fourth-order valence-corrected chi connectivity index (χ4v) is 6.95. The molecule has 234 valence electrons. The summed E-state index contributed by atoms with van der Waals surface area (Å²) in [5, 5.41) is -1.12. The normalized spacial score (nSPS) is 16.0. The van der Waals surface area contributed by atoms with Crippen LogP contribution in [0.4, 0.5) is 11.4 Å². The van der Waals surface area contributed by atoms with E-state index in [0.717, 1.165) is 11.1 Å². The topological polar surface area (TPSA) is 120 Å². The molecule has 5 rings (SSSR count). The molecule has 3 aromatic rings. The van der Waals surface area contributed by atoms with Crippen molar-refractivity contribution in [2.24, 2.45) is 0 Å². The van der Waals surface area contributed by atoms with Crippen LogP contribution in [0.2, 0.25) is 0 Å². The van der Waals surface area contributed by atoms with Crippen molar-refractivity contribution in [3.63, 3.8) is 0 Å². The van der Waals surface area contributed by atoms with E-state index in [1.165, 1.54) is 0 Å². The molecule has 0 spiro atoms. The van der Waals surface area contributed by atoms with Gasteiger partial charge in [-0.25, -0.2) is 0 Å². The predicted molar refractivity (Wildman–Crippen MR) is 188 cm³/mol. The molecule has 10 heteroatoms. The van der Waals surface area contributed by atoms with Crippen LogP contribution in [0.1, 0.15) is 55.6 Å². The molecule has 0 heterocycles. The molecule has 46 heavy (non-hydrogen) atoms. The van der Waals surface area contributed by atoms with Crippen LogP contribution in [-0.2, 0) is 19.2 Å². The third-order valence-electron chi connectivity index (χ3n) is 8.46. The van der Waals surface area contributed by atoms with Gasteiger partial charge in [0.2, 0.25) is 23.1 Å². The molecule has 2 aliphatic rings. The molecule has 0 bridgehead atoms. The minimum Gasteiger partial charge on any atom is -0.399 e. The Morgan fingerprint density at radius 2 is 0.565 bits per heavy atom. The summed E-state index contributed by atoms with van der Waals surface area (Å²) in [7, 11) is 0. The smallest absolute Gasteiger partial charge is 0.207 e. The van der Waals surface area contributed by atoms with Crippen molar-refractivity contribution in [2.45, 2.75) is 41.5 Å². The highest BCUT2D eigenvalue weighted by atomic mass is 35.5. The standard InChI is InChI=1S/C36H28Cl4N2O4/c1-13-7-20(26-30(38)36(46)28(32(40)34(26)44)22-10-18(6)24(42)12-16(22)4)14(2)8-19(13)25-29(37)35(45)27(31(39)33(25)43)21-9-17(5)23(41)11-15(21)3/h7-12H,41-42H2,1-6H3. The first-order chi connectivity index (χ1) is 21.5. The van der Waals surface area contributed by atoms with Gasteiger partial charge in [-0.1, -0.05) is 58.5 Å². The van der Waals surface area contributed by atoms with Gasteiger partial charge in [-0.3, -0.25) is 19.2 Å². The second-order valence-electron chi connectivity index (χ2n) is 11.6. The van der Waals surface area contributed by atoms with E-state index in [1.54, 1.807) is 77.9 Å². The summed E-state index contributed by atoms with van der Waals surface area (Å²) < 4.78 is 0. The molecule has 4 N–H and O–H groups in total. The maximum atomic E-state index is 13.7. The quantitative estimate of drug-likeness (QED) is 0.210. The first kappa shape index (κ1) is 33.4. The summed E-state index contributed by atoms with van der Waals surface area (Å²) in [5.41, 5.74) is 18.3. The summed E-state index contributed by atoms with van der Waals surface area (Å²) in [5.74, 6) is -2.47. The Hall–Kier alpha value is -3.94. The van der Waals surface area contributed by atoms with E-state index in [0.29, 0.717) is 55.9 Å². The van der Waals surface area contributed by atoms with Gasteiger partial charge >= 0.3 is 0 Å². The number of halogens is 4. The van der Waals surface area contributed by atoms with Gasteiger partial charge < -0.3 is 11.5 Å². The molecule has 3 aromatic carbocycles. The SMILES string of the molecule is Cc1cc(C2=C(Cl)C(=O)C(c3cc(C)c(C4=C(Cl)C(=O)C(c5cc(C)c(N)cc5C)=C(Cl)C4=O)cc3C)=C(Cl)C2=O)c(C)cc1N. The minimum absolute atomic E-state index is 0.000898. The van der Waals surface area contributed by atoms with E-state index >= 15 is 0 Å². The van der Waals surface area contributed by atoms with Crippen molar-refractivity contribution in [1.82, 2.24) is 0 Å². The van der Waals surface area contributed by atoms with Crippen LogP contribution in [0.25, 0.3) is 22.3 Å². The molecule has 0 radical (unpaired) electrons. The van der Waals surface area contributed by atoms with Crippen LogP contribution in [-0.4, -0.2) is 23.1 Å². The lowest BCUT2D eigenvalue weighted by Crippen LogP contribution is -2.21. The van der Waals surface area contributed by atoms with Crippen LogP contribution in [0.5, 0.6) is 0 Å². The number of Topliss-reactive ketones (excluding diaryl/α,β-unsaturated/α-hetero) is 4. The fraction of sp³-hybridized carbons (Fsp3) is 0.167. The lowest BCUT2D eigenvalue weighted by molar-refractivity contribution is -0.113. The van der Waals surface area contributed by atoms with Gasteiger partial charge in [0.15, 0.2) is 0 Å². The van der Waals surface area contributed by atoms with Gasteiger partial charge in [0.25, 0.3) is 0 Å². The Morgan fingerprint density at radius 1 is 0.370 bits per heavy atom. The highest BCUT2D eigenvalue weighted by molar-refractivity contribution is 6.69. The van der Waals surface area contributed by atoms with E-state index in [1.807, 2.05) is 0 Å². The highest BCUT2D eigenvalue weighted by Crippen LogP contribution is 2.44. The number of carbonyl (C=O) groups is 4. The summed E-state index contributed by atoms with van der Waals surface area (Å²) in [6.07, 6.45) is 0. The average molecular weight is 694 g/mol. The second kappa shape index (κ2) is 12.0. The number of rotatable bonds is 4. The predicted octanol–water partition coefficient (Wildman–Crippen LogP) is 8.21. The zero-order valence-electron chi connectivity index (χ0n) is 25.8. The highest BCUT2D eigenvalue weighted by Gasteiger charge is 2.38. The third kappa shape index (κ3) is 5.23. The molecule has 0 amide bonds. The number of benzene rings is 3. The van der Waals surface area contributed by atoms with Gasteiger partial charge in [-0.05, 0) is 121 Å².